The van der Waals surface area contributed by atoms with Crippen molar-refractivity contribution in [1.82, 2.24) is 0 Å². The van der Waals surface area contributed by atoms with Crippen molar-refractivity contribution in [2.75, 3.05) is 6.61 Å². The van der Waals surface area contributed by atoms with Crippen molar-refractivity contribution in [2.24, 2.45) is 0 Å². The summed E-state index contributed by atoms with van der Waals surface area (Å²) >= 11 is 0. The molecule has 0 bridgehead atoms. The summed E-state index contributed by atoms with van der Waals surface area (Å²) in [5, 5.41) is 0. The summed E-state index contributed by atoms with van der Waals surface area (Å²) in [6, 6.07) is 0. The average Bonchev–Trinajstić information content (AvgIpc) is 2.28. The fourth-order valence-corrected chi connectivity index (χ4v) is 1.39. The minimum atomic E-state index is -6.15. The molecule has 0 amide bonds. The smallest absolute Gasteiger partial charge is 0.339 e. The van der Waals surface area contributed by atoms with Gasteiger partial charge in [-0.1, -0.05) is 6.92 Å². The molecule has 0 saturated heterocycles. The Balaban J connectivity index is 3.24. The lowest BCUT2D eigenvalue weighted by atomic mass is 10.1. The second kappa shape index (κ2) is 3.69. The molecule has 1 saturated carbocycles. The van der Waals surface area contributed by atoms with Crippen LogP contribution in [0.2, 0.25) is 0 Å². The van der Waals surface area contributed by atoms with Crippen molar-refractivity contribution in [2.45, 2.75) is 43.1 Å². The van der Waals surface area contributed by atoms with E-state index in [1.807, 2.05) is 0 Å². The van der Waals surface area contributed by atoms with Crippen LogP contribution in [0.1, 0.15) is 13.3 Å². The zero-order valence-electron chi connectivity index (χ0n) is 8.42. The van der Waals surface area contributed by atoms with E-state index in [4.69, 9.17) is 0 Å². The van der Waals surface area contributed by atoms with Crippen LogP contribution in [-0.2, 0) is 4.74 Å². The predicted octanol–water partition coefficient (Wildman–Crippen LogP) is 3.34. The monoisotopic (exact) mass is 272 g/mol. The van der Waals surface area contributed by atoms with Gasteiger partial charge < -0.3 is 4.74 Å². The molecule has 1 fully saturated rings. The SMILES string of the molecule is CCCOC1(F)C(F)C(F)(F)C(F)(F)C1(F)F. The van der Waals surface area contributed by atoms with Crippen LogP contribution in [0.25, 0.3) is 0 Å². The van der Waals surface area contributed by atoms with Crippen molar-refractivity contribution in [3.63, 3.8) is 0 Å². The summed E-state index contributed by atoms with van der Waals surface area (Å²) in [5.74, 6) is -23.0. The van der Waals surface area contributed by atoms with Crippen molar-refractivity contribution in [3.8, 4) is 0 Å². The molecule has 0 aromatic rings. The van der Waals surface area contributed by atoms with E-state index < -0.39 is 36.4 Å². The minimum absolute atomic E-state index is 0.133. The zero-order chi connectivity index (χ0) is 13.7. The summed E-state index contributed by atoms with van der Waals surface area (Å²) in [6.45, 7) is 0.388. The molecule has 17 heavy (non-hydrogen) atoms. The predicted molar refractivity (Wildman–Crippen MR) is 39.8 cm³/mol. The molecule has 0 radical (unpaired) electrons. The highest BCUT2D eigenvalue weighted by Gasteiger charge is 2.94. The summed E-state index contributed by atoms with van der Waals surface area (Å²) in [7, 11) is 0. The van der Waals surface area contributed by atoms with Crippen LogP contribution in [0.3, 0.4) is 0 Å². The number of ether oxygens (including phenoxy) is 1. The molecular formula is C8H8F8O. The highest BCUT2D eigenvalue weighted by atomic mass is 19.4. The van der Waals surface area contributed by atoms with E-state index in [-0.39, 0.29) is 6.42 Å². The molecule has 2 atom stereocenters. The molecule has 0 aromatic carbocycles. The molecular weight excluding hydrogens is 264 g/mol. The largest absolute Gasteiger partial charge is 0.381 e. The lowest BCUT2D eigenvalue weighted by molar-refractivity contribution is -0.330. The Hall–Kier alpha value is -0.600. The molecule has 0 spiro atoms. The Morgan fingerprint density at radius 2 is 1.41 bits per heavy atom. The van der Waals surface area contributed by atoms with Crippen LogP contribution in [-0.4, -0.2) is 36.4 Å². The quantitative estimate of drug-likeness (QED) is 0.716. The maximum atomic E-state index is 13.4. The van der Waals surface area contributed by atoms with Crippen LogP contribution in [0.5, 0.6) is 0 Å². The highest BCUT2D eigenvalue weighted by Crippen LogP contribution is 2.63. The molecule has 0 aliphatic heterocycles. The fourth-order valence-electron chi connectivity index (χ4n) is 1.39. The van der Waals surface area contributed by atoms with E-state index in [1.165, 1.54) is 6.92 Å². The number of hydrogen-bond donors (Lipinski definition) is 0. The molecule has 2 unspecified atom stereocenters. The average molecular weight is 272 g/mol. The summed E-state index contributed by atoms with van der Waals surface area (Å²) in [6.07, 6.45) is -4.57. The van der Waals surface area contributed by atoms with Gasteiger partial charge in [0.1, 0.15) is 0 Å². The number of hydrogen-bond acceptors (Lipinski definition) is 1. The third-order valence-corrected chi connectivity index (χ3v) is 2.40. The maximum Gasteiger partial charge on any atom is 0.381 e. The van der Waals surface area contributed by atoms with Gasteiger partial charge in [-0.05, 0) is 6.42 Å². The van der Waals surface area contributed by atoms with E-state index in [0.29, 0.717) is 0 Å². The third kappa shape index (κ3) is 1.47. The van der Waals surface area contributed by atoms with Gasteiger partial charge >= 0.3 is 23.6 Å². The lowest BCUT2D eigenvalue weighted by Crippen LogP contribution is -2.54. The lowest BCUT2D eigenvalue weighted by Gasteiger charge is -2.28. The number of halogens is 8. The van der Waals surface area contributed by atoms with Crippen molar-refractivity contribution in [1.29, 1.82) is 0 Å². The molecule has 0 heterocycles. The Bertz CT molecular complexity index is 304. The highest BCUT2D eigenvalue weighted by molar-refractivity contribution is 5.19. The van der Waals surface area contributed by atoms with Gasteiger partial charge in [-0.15, -0.1) is 0 Å². The second-order valence-electron chi connectivity index (χ2n) is 3.63. The van der Waals surface area contributed by atoms with Crippen LogP contribution in [0.4, 0.5) is 35.1 Å². The Labute approximate surface area is 90.7 Å². The number of alkyl halides is 8. The van der Waals surface area contributed by atoms with Crippen LogP contribution >= 0.6 is 0 Å². The van der Waals surface area contributed by atoms with Crippen LogP contribution < -0.4 is 0 Å². The third-order valence-electron chi connectivity index (χ3n) is 2.40. The van der Waals surface area contributed by atoms with E-state index >= 15 is 0 Å². The molecule has 1 aliphatic rings. The Kier molecular flexibility index (Phi) is 3.14. The van der Waals surface area contributed by atoms with Crippen molar-refractivity contribution < 1.29 is 39.9 Å². The second-order valence-corrected chi connectivity index (χ2v) is 3.63. The Morgan fingerprint density at radius 3 is 1.71 bits per heavy atom. The molecule has 0 aromatic heterocycles. The Morgan fingerprint density at radius 1 is 0.941 bits per heavy atom. The van der Waals surface area contributed by atoms with E-state index in [0.717, 1.165) is 0 Å². The fraction of sp³-hybridized carbons (Fsp3) is 1.00. The van der Waals surface area contributed by atoms with Gasteiger partial charge in [0.05, 0.1) is 6.61 Å². The minimum Gasteiger partial charge on any atom is -0.339 e. The number of rotatable bonds is 3. The van der Waals surface area contributed by atoms with Crippen LogP contribution in [0, 0.1) is 0 Å². The van der Waals surface area contributed by atoms with Crippen LogP contribution in [0.15, 0.2) is 0 Å². The van der Waals surface area contributed by atoms with Gasteiger partial charge in [0.25, 0.3) is 0 Å². The van der Waals surface area contributed by atoms with E-state index in [9.17, 15) is 35.1 Å². The normalized spacial score (nSPS) is 38.3. The first-order chi connectivity index (χ1) is 7.47. The molecule has 9 heteroatoms. The summed E-state index contributed by atoms with van der Waals surface area (Å²) in [4.78, 5) is 0. The first kappa shape index (κ1) is 14.5. The molecule has 1 aliphatic carbocycles. The van der Waals surface area contributed by atoms with Gasteiger partial charge in [0, 0.05) is 0 Å². The van der Waals surface area contributed by atoms with Gasteiger partial charge in [-0.3, -0.25) is 0 Å². The van der Waals surface area contributed by atoms with E-state index in [2.05, 4.69) is 4.74 Å². The van der Waals surface area contributed by atoms with Gasteiger partial charge in [-0.2, -0.15) is 26.3 Å². The molecule has 1 rings (SSSR count). The summed E-state index contributed by atoms with van der Waals surface area (Å²) in [5.41, 5.74) is 0. The molecule has 0 N–H and O–H groups in total. The van der Waals surface area contributed by atoms with Crippen molar-refractivity contribution in [3.05, 3.63) is 0 Å². The van der Waals surface area contributed by atoms with Gasteiger partial charge in [0.15, 0.2) is 0 Å². The van der Waals surface area contributed by atoms with Crippen molar-refractivity contribution >= 4 is 0 Å². The van der Waals surface area contributed by atoms with Gasteiger partial charge in [0.2, 0.25) is 6.17 Å². The topological polar surface area (TPSA) is 9.23 Å². The van der Waals surface area contributed by atoms with Gasteiger partial charge in [-0.25, -0.2) is 8.78 Å². The maximum absolute atomic E-state index is 13.4. The zero-order valence-corrected chi connectivity index (χ0v) is 8.42. The van der Waals surface area contributed by atoms with E-state index in [1.54, 1.807) is 0 Å². The first-order valence-electron chi connectivity index (χ1n) is 4.57. The standard InChI is InChI=1S/C8H8F8O/c1-2-3-17-6(12)4(9)5(10,11)7(13,14)8(6,15)16/h4H,2-3H2,1H3. The molecule has 1 nitrogen and oxygen atoms in total. The first-order valence-corrected chi connectivity index (χ1v) is 4.57. The molecule has 102 valence electrons. The summed E-state index contributed by atoms with van der Waals surface area (Å²) < 4.78 is 106.